The smallest absolute Gasteiger partial charge is 0.314 e. The molecule has 3 N–H and O–H groups in total. The summed E-state index contributed by atoms with van der Waals surface area (Å²) in [5.74, 6) is 0. The van der Waals surface area contributed by atoms with E-state index in [1.807, 2.05) is 0 Å². The van der Waals surface area contributed by atoms with E-state index in [4.69, 9.17) is 0 Å². The molecule has 0 aromatic heterocycles. The molecule has 0 spiro atoms. The zero-order chi connectivity index (χ0) is 12.6. The number of hydrogen-bond acceptors (Lipinski definition) is 3. The third-order valence-corrected chi connectivity index (χ3v) is 2.02. The molecule has 3 nitrogen and oxygen atoms in total. The molecule has 1 fully saturated rings. The van der Waals surface area contributed by atoms with E-state index in [0.29, 0.717) is 0 Å². The molecule has 96 valence electrons. The van der Waals surface area contributed by atoms with Crippen LogP contribution < -0.4 is 16.0 Å². The van der Waals surface area contributed by atoms with Gasteiger partial charge in [0.25, 0.3) is 0 Å². The van der Waals surface area contributed by atoms with Crippen LogP contribution in [0.25, 0.3) is 0 Å². The van der Waals surface area contributed by atoms with Gasteiger partial charge >= 0.3 is 6.30 Å². The Balaban J connectivity index is 0.000000202. The summed E-state index contributed by atoms with van der Waals surface area (Å²) in [6.45, 7) is 4.56. The van der Waals surface area contributed by atoms with Crippen LogP contribution in [0.5, 0.6) is 0 Å². The van der Waals surface area contributed by atoms with Gasteiger partial charge in [-0.3, -0.25) is 5.32 Å². The summed E-state index contributed by atoms with van der Waals surface area (Å²) in [6, 6.07) is 7.44. The maximum absolute atomic E-state index is 11.6. The Kier molecular flexibility index (Phi) is 5.79. The SMILES string of the molecule is C1CNCCN1.FC(F)(F)Nc1ccccc1. The molecular formula is C11H16F3N3. The van der Waals surface area contributed by atoms with Crippen LogP contribution in [0.3, 0.4) is 0 Å². The van der Waals surface area contributed by atoms with Crippen molar-refractivity contribution in [3.05, 3.63) is 30.3 Å². The summed E-state index contributed by atoms with van der Waals surface area (Å²) in [7, 11) is 0. The Hall–Kier alpha value is -1.27. The second kappa shape index (κ2) is 7.13. The molecule has 0 atom stereocenters. The lowest BCUT2D eigenvalue weighted by atomic mass is 10.3. The standard InChI is InChI=1S/C7H6F3N.C4H10N2/c8-7(9,10)11-6-4-2-1-3-5-6;1-2-6-4-3-5-1/h1-5,11H;5-6H,1-4H2. The number of alkyl halides is 3. The quantitative estimate of drug-likeness (QED) is 0.662. The predicted molar refractivity (Wildman–Crippen MR) is 61.9 cm³/mol. The Morgan fingerprint density at radius 2 is 1.35 bits per heavy atom. The molecule has 1 saturated heterocycles. The number of para-hydroxylation sites is 1. The highest BCUT2D eigenvalue weighted by Gasteiger charge is 2.26. The molecule has 1 aromatic carbocycles. The van der Waals surface area contributed by atoms with Gasteiger partial charge in [-0.25, -0.2) is 0 Å². The first-order valence-corrected chi connectivity index (χ1v) is 5.39. The van der Waals surface area contributed by atoms with Crippen LogP contribution in [0.1, 0.15) is 0 Å². The topological polar surface area (TPSA) is 36.1 Å². The third kappa shape index (κ3) is 7.59. The van der Waals surface area contributed by atoms with Crippen molar-refractivity contribution in [3.8, 4) is 0 Å². The number of anilines is 1. The van der Waals surface area contributed by atoms with Gasteiger partial charge in [-0.05, 0) is 12.1 Å². The van der Waals surface area contributed by atoms with E-state index < -0.39 is 6.30 Å². The minimum Gasteiger partial charge on any atom is -0.314 e. The first-order chi connectivity index (χ1) is 8.08. The fraction of sp³-hybridized carbons (Fsp3) is 0.455. The van der Waals surface area contributed by atoms with Crippen molar-refractivity contribution in [1.29, 1.82) is 0 Å². The van der Waals surface area contributed by atoms with Crippen LogP contribution in [0.4, 0.5) is 18.9 Å². The highest BCUT2D eigenvalue weighted by molar-refractivity contribution is 5.42. The van der Waals surface area contributed by atoms with E-state index in [2.05, 4.69) is 10.6 Å². The van der Waals surface area contributed by atoms with Gasteiger partial charge in [0.05, 0.1) is 0 Å². The molecule has 1 aliphatic heterocycles. The van der Waals surface area contributed by atoms with Crippen molar-refractivity contribution in [2.75, 3.05) is 31.5 Å². The zero-order valence-electron chi connectivity index (χ0n) is 9.35. The van der Waals surface area contributed by atoms with Crippen LogP contribution >= 0.6 is 0 Å². The van der Waals surface area contributed by atoms with Crippen LogP contribution in [0.15, 0.2) is 30.3 Å². The van der Waals surface area contributed by atoms with Crippen molar-refractivity contribution in [2.45, 2.75) is 6.30 Å². The van der Waals surface area contributed by atoms with Crippen LogP contribution in [0, 0.1) is 0 Å². The minimum absolute atomic E-state index is 0.0556. The molecule has 0 saturated carbocycles. The van der Waals surface area contributed by atoms with Gasteiger partial charge in [-0.1, -0.05) is 18.2 Å². The molecule has 0 unspecified atom stereocenters. The normalized spacial score (nSPS) is 15.7. The van der Waals surface area contributed by atoms with E-state index in [1.54, 1.807) is 6.07 Å². The van der Waals surface area contributed by atoms with Crippen LogP contribution in [0.2, 0.25) is 0 Å². The molecule has 1 heterocycles. The van der Waals surface area contributed by atoms with Gasteiger partial charge in [0.1, 0.15) is 0 Å². The number of piperazine rings is 1. The van der Waals surface area contributed by atoms with E-state index in [1.165, 1.54) is 29.6 Å². The van der Waals surface area contributed by atoms with Crippen molar-refractivity contribution >= 4 is 5.69 Å². The molecular weight excluding hydrogens is 231 g/mol. The summed E-state index contributed by atoms with van der Waals surface area (Å²) < 4.78 is 34.9. The fourth-order valence-electron chi connectivity index (χ4n) is 1.29. The lowest BCUT2D eigenvalue weighted by Crippen LogP contribution is -2.39. The second-order valence-electron chi connectivity index (χ2n) is 3.49. The van der Waals surface area contributed by atoms with Crippen LogP contribution in [-0.2, 0) is 0 Å². The summed E-state index contributed by atoms with van der Waals surface area (Å²) in [5.41, 5.74) is 0.0556. The average Bonchev–Trinajstić information content (AvgIpc) is 2.31. The van der Waals surface area contributed by atoms with Gasteiger partial charge in [0.15, 0.2) is 0 Å². The largest absolute Gasteiger partial charge is 0.482 e. The second-order valence-corrected chi connectivity index (χ2v) is 3.49. The van der Waals surface area contributed by atoms with Crippen LogP contribution in [-0.4, -0.2) is 32.5 Å². The molecule has 1 aromatic rings. The summed E-state index contributed by atoms with van der Waals surface area (Å²) in [4.78, 5) is 0. The van der Waals surface area contributed by atoms with Crippen molar-refractivity contribution in [2.24, 2.45) is 0 Å². The Morgan fingerprint density at radius 3 is 1.71 bits per heavy atom. The maximum atomic E-state index is 11.6. The molecule has 1 aliphatic rings. The molecule has 0 radical (unpaired) electrons. The maximum Gasteiger partial charge on any atom is 0.482 e. The third-order valence-electron chi connectivity index (χ3n) is 2.02. The van der Waals surface area contributed by atoms with E-state index in [9.17, 15) is 13.2 Å². The first kappa shape index (κ1) is 13.8. The summed E-state index contributed by atoms with van der Waals surface area (Å²) in [5, 5.41) is 7.83. The van der Waals surface area contributed by atoms with Crippen molar-refractivity contribution in [3.63, 3.8) is 0 Å². The molecule has 17 heavy (non-hydrogen) atoms. The fourth-order valence-corrected chi connectivity index (χ4v) is 1.29. The van der Waals surface area contributed by atoms with E-state index in [-0.39, 0.29) is 5.69 Å². The first-order valence-electron chi connectivity index (χ1n) is 5.39. The molecule has 0 bridgehead atoms. The Bertz CT molecular complexity index is 285. The van der Waals surface area contributed by atoms with Gasteiger partial charge in [-0.2, -0.15) is 13.2 Å². The monoisotopic (exact) mass is 247 g/mol. The van der Waals surface area contributed by atoms with Gasteiger partial charge < -0.3 is 10.6 Å². The number of halogens is 3. The van der Waals surface area contributed by atoms with Crippen molar-refractivity contribution in [1.82, 2.24) is 10.6 Å². The molecule has 2 rings (SSSR count). The lowest BCUT2D eigenvalue weighted by molar-refractivity contribution is -0.0999. The summed E-state index contributed by atoms with van der Waals surface area (Å²) >= 11 is 0. The average molecular weight is 247 g/mol. The van der Waals surface area contributed by atoms with E-state index >= 15 is 0 Å². The number of nitrogens with one attached hydrogen (secondary N) is 3. The zero-order valence-corrected chi connectivity index (χ0v) is 9.35. The van der Waals surface area contributed by atoms with Gasteiger partial charge in [0.2, 0.25) is 0 Å². The molecule has 0 amide bonds. The molecule has 0 aliphatic carbocycles. The van der Waals surface area contributed by atoms with Gasteiger partial charge in [-0.15, -0.1) is 0 Å². The highest BCUT2D eigenvalue weighted by Crippen LogP contribution is 2.18. The predicted octanol–water partition coefficient (Wildman–Crippen LogP) is 1.80. The highest BCUT2D eigenvalue weighted by atomic mass is 19.4. The Morgan fingerprint density at radius 1 is 0.882 bits per heavy atom. The van der Waals surface area contributed by atoms with E-state index in [0.717, 1.165) is 26.2 Å². The molecule has 6 heteroatoms. The lowest BCUT2D eigenvalue weighted by Gasteiger charge is -2.11. The number of hydrogen-bond donors (Lipinski definition) is 3. The number of benzene rings is 1. The Labute approximate surface area is 98.4 Å². The minimum atomic E-state index is -4.35. The van der Waals surface area contributed by atoms with Crippen molar-refractivity contribution < 1.29 is 13.2 Å². The number of rotatable bonds is 1. The summed E-state index contributed by atoms with van der Waals surface area (Å²) in [6.07, 6.45) is -4.35. The van der Waals surface area contributed by atoms with Gasteiger partial charge in [0, 0.05) is 31.9 Å².